The third kappa shape index (κ3) is 5.79. The van der Waals surface area contributed by atoms with Crippen LogP contribution >= 0.6 is 0 Å². The van der Waals surface area contributed by atoms with Crippen LogP contribution in [0.5, 0.6) is 0 Å². The number of fused-ring (bicyclic) bond motifs is 3. The Balaban J connectivity index is 0.00000216. The summed E-state index contributed by atoms with van der Waals surface area (Å²) >= 11 is -0.896. The maximum absolute atomic E-state index is 2.52. The van der Waals surface area contributed by atoms with E-state index >= 15 is 0 Å². The predicted molar refractivity (Wildman–Crippen MR) is 141 cm³/mol. The Labute approximate surface area is 238 Å². The van der Waals surface area contributed by atoms with Gasteiger partial charge in [-0.3, -0.25) is 0 Å². The van der Waals surface area contributed by atoms with Crippen LogP contribution in [0.3, 0.4) is 0 Å². The third-order valence-corrected chi connectivity index (χ3v) is 12.5. The summed E-state index contributed by atoms with van der Waals surface area (Å²) in [5.41, 5.74) is 14.6. The fraction of sp³-hybridized carbons (Fsp3) is 0.500. The molecule has 0 N–H and O–H groups in total. The maximum atomic E-state index is 2.52. The van der Waals surface area contributed by atoms with Crippen molar-refractivity contribution in [1.29, 1.82) is 0 Å². The fourth-order valence-electron chi connectivity index (χ4n) is 5.63. The number of rotatable bonds is 2. The summed E-state index contributed by atoms with van der Waals surface area (Å²) in [5.74, 6) is 0. The van der Waals surface area contributed by atoms with Crippen molar-refractivity contribution in [2.75, 3.05) is 0 Å². The molecule has 0 fully saturated rings. The van der Waals surface area contributed by atoms with Gasteiger partial charge in [-0.1, -0.05) is 0 Å². The number of hydrogen-bond donors (Lipinski definition) is 0. The van der Waals surface area contributed by atoms with Crippen LogP contribution in [0.25, 0.3) is 11.1 Å². The molecule has 0 saturated carbocycles. The van der Waals surface area contributed by atoms with Gasteiger partial charge >= 0.3 is 215 Å². The molecular formula is C32H42Cl2Zr. The van der Waals surface area contributed by atoms with Crippen LogP contribution in [-0.4, -0.2) is 0 Å². The van der Waals surface area contributed by atoms with Gasteiger partial charge in [0.15, 0.2) is 0 Å². The third-order valence-electron chi connectivity index (χ3n) is 7.53. The molecule has 1 atom stereocenters. The summed E-state index contributed by atoms with van der Waals surface area (Å²) in [7, 11) is 0. The SMILES string of the molecule is CC1=CC(C(C)(C)C)=C(C)[CH]1[Zr+2][c]1c(C(C)(C)C)ccc2c1Cc1cc(C(C)(C)C)ccc1-2.[Cl-].[Cl-]. The summed E-state index contributed by atoms with van der Waals surface area (Å²) < 4.78 is 2.45. The van der Waals surface area contributed by atoms with Gasteiger partial charge in [-0.15, -0.1) is 0 Å². The molecule has 0 aliphatic heterocycles. The minimum atomic E-state index is -0.896. The van der Waals surface area contributed by atoms with Crippen LogP contribution in [0.4, 0.5) is 0 Å². The van der Waals surface area contributed by atoms with Gasteiger partial charge in [0, 0.05) is 0 Å². The first-order valence-corrected chi connectivity index (χ1v) is 15.2. The predicted octanol–water partition coefficient (Wildman–Crippen LogP) is 2.68. The van der Waals surface area contributed by atoms with Gasteiger partial charge in [0.25, 0.3) is 0 Å². The molecule has 2 aromatic rings. The van der Waals surface area contributed by atoms with Crippen LogP contribution < -0.4 is 28.1 Å². The van der Waals surface area contributed by atoms with E-state index in [0.717, 1.165) is 6.42 Å². The minimum Gasteiger partial charge on any atom is -1.00 e. The quantitative estimate of drug-likeness (QED) is 0.432. The Morgan fingerprint density at radius 2 is 1.34 bits per heavy atom. The Kier molecular flexibility index (Phi) is 8.98. The number of allylic oxidation sites excluding steroid dienone is 4. The maximum Gasteiger partial charge on any atom is -1.00 e. The van der Waals surface area contributed by atoms with Crippen molar-refractivity contribution in [3.05, 3.63) is 75.4 Å². The topological polar surface area (TPSA) is 0 Å². The van der Waals surface area contributed by atoms with Crippen LogP contribution in [0, 0.1) is 5.41 Å². The average Bonchev–Trinajstić information content (AvgIpc) is 3.18. The van der Waals surface area contributed by atoms with Crippen LogP contribution in [0.15, 0.2) is 53.1 Å². The molecular weight excluding hydrogens is 546 g/mol. The largest absolute Gasteiger partial charge is 1.00 e. The summed E-state index contributed by atoms with van der Waals surface area (Å²) in [6.45, 7) is 26.1. The minimum absolute atomic E-state index is 0. The van der Waals surface area contributed by atoms with Crippen molar-refractivity contribution in [2.24, 2.45) is 5.41 Å². The zero-order valence-corrected chi connectivity index (χ0v) is 27.5. The van der Waals surface area contributed by atoms with E-state index in [4.69, 9.17) is 0 Å². The van der Waals surface area contributed by atoms with Gasteiger partial charge in [0.05, 0.1) is 0 Å². The molecule has 0 radical (unpaired) electrons. The first-order chi connectivity index (χ1) is 15.1. The molecule has 0 heterocycles. The van der Waals surface area contributed by atoms with Crippen molar-refractivity contribution in [1.82, 2.24) is 0 Å². The van der Waals surface area contributed by atoms with Crippen LogP contribution in [0.2, 0.25) is 3.63 Å². The Morgan fingerprint density at radius 1 is 0.743 bits per heavy atom. The van der Waals surface area contributed by atoms with Crippen molar-refractivity contribution >= 4 is 3.27 Å². The van der Waals surface area contributed by atoms with Gasteiger partial charge in [0.2, 0.25) is 0 Å². The van der Waals surface area contributed by atoms with Gasteiger partial charge in [-0.25, -0.2) is 0 Å². The van der Waals surface area contributed by atoms with E-state index in [2.05, 4.69) is 113 Å². The van der Waals surface area contributed by atoms with E-state index in [1.807, 2.05) is 0 Å². The van der Waals surface area contributed by atoms with E-state index < -0.39 is 23.2 Å². The standard InChI is InChI=1S/C21H25.C11H17.2ClH.Zr/c1-20(2,3)16-7-9-18-14(12-16)11-15-13-17(21(4,5)6)8-10-19(15)18;1-8-6-9(2)10(7-8)11(3,4)5;;;/h7-10,12H,11H2,1-6H3;6-7H,1-5H3;2*1H;/q;;;;+2/p-2. The van der Waals surface area contributed by atoms with Gasteiger partial charge in [0.1, 0.15) is 0 Å². The normalized spacial score (nSPS) is 17.2. The first-order valence-electron chi connectivity index (χ1n) is 12.5. The summed E-state index contributed by atoms with van der Waals surface area (Å²) in [6, 6.07) is 12.2. The second-order valence-electron chi connectivity index (χ2n) is 13.4. The zero-order valence-electron chi connectivity index (χ0n) is 23.5. The van der Waals surface area contributed by atoms with Crippen molar-refractivity contribution < 1.29 is 48.0 Å². The van der Waals surface area contributed by atoms with E-state index in [9.17, 15) is 0 Å². The molecule has 1 unspecified atom stereocenters. The second kappa shape index (κ2) is 10.3. The summed E-state index contributed by atoms with van der Waals surface area (Å²) in [4.78, 5) is 0. The van der Waals surface area contributed by atoms with E-state index in [0.29, 0.717) is 3.63 Å². The Hall–Kier alpha value is -0.617. The Morgan fingerprint density at radius 3 is 1.86 bits per heavy atom. The average molecular weight is 589 g/mol. The molecule has 0 amide bonds. The van der Waals surface area contributed by atoms with E-state index in [1.54, 1.807) is 31.1 Å². The molecule has 188 valence electrons. The molecule has 2 aliphatic rings. The summed E-state index contributed by atoms with van der Waals surface area (Å²) in [5, 5.41) is 0. The molecule has 2 aromatic carbocycles. The van der Waals surface area contributed by atoms with E-state index in [1.165, 1.54) is 22.3 Å². The van der Waals surface area contributed by atoms with Crippen LogP contribution in [-0.2, 0) is 40.5 Å². The zero-order chi connectivity index (χ0) is 24.5. The second-order valence-corrected chi connectivity index (χ2v) is 16.7. The molecule has 0 bridgehead atoms. The van der Waals surface area contributed by atoms with Gasteiger partial charge in [-0.2, -0.15) is 0 Å². The van der Waals surface area contributed by atoms with Crippen LogP contribution in [0.1, 0.15) is 98.4 Å². The van der Waals surface area contributed by atoms with Gasteiger partial charge in [-0.05, 0) is 0 Å². The van der Waals surface area contributed by atoms with Crippen molar-refractivity contribution in [3.8, 4) is 11.1 Å². The van der Waals surface area contributed by atoms with Crippen molar-refractivity contribution in [3.63, 3.8) is 0 Å². The monoisotopic (exact) mass is 586 g/mol. The fourth-order valence-corrected chi connectivity index (χ4v) is 10.5. The molecule has 0 nitrogen and oxygen atoms in total. The number of benzene rings is 2. The molecule has 4 rings (SSSR count). The Bertz CT molecular complexity index is 1180. The number of hydrogen-bond acceptors (Lipinski definition) is 0. The molecule has 0 spiro atoms. The number of halogens is 2. The molecule has 2 aliphatic carbocycles. The molecule has 3 heteroatoms. The molecule has 0 saturated heterocycles. The van der Waals surface area contributed by atoms with E-state index in [-0.39, 0.29) is 41.1 Å². The van der Waals surface area contributed by atoms with Crippen molar-refractivity contribution in [2.45, 2.75) is 97.0 Å². The molecule has 0 aromatic heterocycles. The summed E-state index contributed by atoms with van der Waals surface area (Å²) in [6.07, 6.45) is 3.63. The molecule has 35 heavy (non-hydrogen) atoms. The van der Waals surface area contributed by atoms with Gasteiger partial charge < -0.3 is 24.8 Å². The first kappa shape index (κ1) is 30.6. The smallest absolute Gasteiger partial charge is 1.00 e.